The van der Waals surface area contributed by atoms with Crippen molar-refractivity contribution in [2.45, 2.75) is 44.0 Å². The molecule has 0 saturated carbocycles. The molecule has 1 fully saturated rings. The lowest BCUT2D eigenvalue weighted by molar-refractivity contribution is -0.250. The standard InChI is InChI=1S/C23H25ClFNO6/c1-11-5-14(24)7-17-19(11)13(6-12-3-4-15(31-2)8-16(12)25)9-26(17)23-22(30)21(29)20(28)18(10-27)32-23/h3-5,7-9,18,20-23,27-30H,6,10H2,1-2H3/t18-,20-,21+,22-,23-/m1/s1. The number of aliphatic hydroxyl groups is 4. The Morgan fingerprint density at radius 2 is 1.84 bits per heavy atom. The van der Waals surface area contributed by atoms with E-state index in [0.717, 1.165) is 16.5 Å². The molecule has 172 valence electrons. The number of nitrogens with zero attached hydrogens (tertiary/aromatic N) is 1. The quantitative estimate of drug-likeness (QED) is 0.461. The van der Waals surface area contributed by atoms with Gasteiger partial charge in [-0.2, -0.15) is 0 Å². The summed E-state index contributed by atoms with van der Waals surface area (Å²) in [5.74, 6) is 0.00247. The minimum absolute atomic E-state index is 0.249. The summed E-state index contributed by atoms with van der Waals surface area (Å²) in [6.45, 7) is 1.34. The molecule has 5 atom stereocenters. The average Bonchev–Trinajstić information content (AvgIpc) is 3.11. The van der Waals surface area contributed by atoms with Crippen LogP contribution in [-0.2, 0) is 11.2 Å². The van der Waals surface area contributed by atoms with Gasteiger partial charge in [0.05, 0.1) is 19.2 Å². The number of hydrogen-bond donors (Lipinski definition) is 4. The van der Waals surface area contributed by atoms with Gasteiger partial charge < -0.3 is 34.5 Å². The van der Waals surface area contributed by atoms with Gasteiger partial charge in [-0.3, -0.25) is 0 Å². The van der Waals surface area contributed by atoms with E-state index in [-0.39, 0.29) is 6.42 Å². The first-order valence-corrected chi connectivity index (χ1v) is 10.6. The lowest BCUT2D eigenvalue weighted by Crippen LogP contribution is -2.56. The maximum absolute atomic E-state index is 14.6. The van der Waals surface area contributed by atoms with Crippen LogP contribution in [0.1, 0.15) is 22.9 Å². The molecule has 2 heterocycles. The third-order valence-corrected chi connectivity index (χ3v) is 6.17. The van der Waals surface area contributed by atoms with E-state index in [4.69, 9.17) is 21.1 Å². The van der Waals surface area contributed by atoms with Gasteiger partial charge in [-0.15, -0.1) is 0 Å². The second-order valence-corrected chi connectivity index (χ2v) is 8.47. The molecule has 4 rings (SSSR count). The van der Waals surface area contributed by atoms with Crippen molar-refractivity contribution in [3.05, 3.63) is 64.1 Å². The van der Waals surface area contributed by atoms with Crippen molar-refractivity contribution in [2.24, 2.45) is 0 Å². The van der Waals surface area contributed by atoms with Crippen LogP contribution in [-0.4, -0.2) is 63.1 Å². The molecule has 1 saturated heterocycles. The Morgan fingerprint density at radius 1 is 1.09 bits per heavy atom. The van der Waals surface area contributed by atoms with Gasteiger partial charge in [0.2, 0.25) is 0 Å². The summed E-state index contributed by atoms with van der Waals surface area (Å²) in [6.07, 6.45) is -4.64. The van der Waals surface area contributed by atoms with Crippen LogP contribution in [0.5, 0.6) is 5.75 Å². The molecule has 0 radical (unpaired) electrons. The zero-order chi connectivity index (χ0) is 23.2. The van der Waals surface area contributed by atoms with Crippen LogP contribution in [0.4, 0.5) is 4.39 Å². The number of halogens is 2. The third kappa shape index (κ3) is 3.98. The van der Waals surface area contributed by atoms with Crippen LogP contribution in [0.3, 0.4) is 0 Å². The SMILES string of the molecule is COc1ccc(Cc2cn([C@@H]3O[C@H](CO)[C@@H](O)[C@H](O)[C@H]3O)c3cc(Cl)cc(C)c23)c(F)c1. The van der Waals surface area contributed by atoms with Gasteiger partial charge in [0.15, 0.2) is 6.23 Å². The van der Waals surface area contributed by atoms with E-state index in [1.165, 1.54) is 13.2 Å². The molecule has 0 amide bonds. The van der Waals surface area contributed by atoms with Crippen molar-refractivity contribution in [1.82, 2.24) is 4.57 Å². The van der Waals surface area contributed by atoms with Gasteiger partial charge >= 0.3 is 0 Å². The number of benzene rings is 2. The van der Waals surface area contributed by atoms with E-state index in [0.29, 0.717) is 21.9 Å². The minimum atomic E-state index is -1.52. The molecule has 0 bridgehead atoms. The molecule has 0 aliphatic carbocycles. The fourth-order valence-corrected chi connectivity index (χ4v) is 4.58. The molecule has 2 aromatic carbocycles. The molecule has 9 heteroatoms. The van der Waals surface area contributed by atoms with Gasteiger partial charge in [-0.1, -0.05) is 17.7 Å². The zero-order valence-electron chi connectivity index (χ0n) is 17.6. The molecule has 7 nitrogen and oxygen atoms in total. The first-order valence-electron chi connectivity index (χ1n) is 10.2. The van der Waals surface area contributed by atoms with E-state index in [1.54, 1.807) is 35.0 Å². The monoisotopic (exact) mass is 465 g/mol. The predicted molar refractivity (Wildman–Crippen MR) is 116 cm³/mol. The molecular weight excluding hydrogens is 441 g/mol. The van der Waals surface area contributed by atoms with E-state index in [9.17, 15) is 24.8 Å². The lowest BCUT2D eigenvalue weighted by atomic mass is 9.98. The van der Waals surface area contributed by atoms with Crippen LogP contribution in [0.15, 0.2) is 36.5 Å². The highest BCUT2D eigenvalue weighted by molar-refractivity contribution is 6.31. The third-order valence-electron chi connectivity index (χ3n) is 5.96. The Balaban J connectivity index is 1.83. The van der Waals surface area contributed by atoms with Gasteiger partial charge in [0, 0.05) is 29.1 Å². The largest absolute Gasteiger partial charge is 0.497 e. The molecule has 32 heavy (non-hydrogen) atoms. The number of fused-ring (bicyclic) bond motifs is 1. The van der Waals surface area contributed by atoms with Crippen molar-refractivity contribution in [1.29, 1.82) is 0 Å². The van der Waals surface area contributed by atoms with Crippen LogP contribution in [0.2, 0.25) is 5.02 Å². The van der Waals surface area contributed by atoms with Crippen LogP contribution in [0.25, 0.3) is 10.9 Å². The summed E-state index contributed by atoms with van der Waals surface area (Å²) in [7, 11) is 1.47. The van der Waals surface area contributed by atoms with Crippen molar-refractivity contribution < 1.29 is 34.3 Å². The van der Waals surface area contributed by atoms with Crippen LogP contribution < -0.4 is 4.74 Å². The van der Waals surface area contributed by atoms with Crippen LogP contribution >= 0.6 is 11.6 Å². The topological polar surface area (TPSA) is 104 Å². The second-order valence-electron chi connectivity index (χ2n) is 8.03. The van der Waals surface area contributed by atoms with Gasteiger partial charge in [-0.05, 0) is 41.8 Å². The Hall–Kier alpha value is -2.20. The summed E-state index contributed by atoms with van der Waals surface area (Å²) in [5.41, 5.74) is 2.67. The first kappa shape index (κ1) is 23.0. The molecular formula is C23H25ClFNO6. The summed E-state index contributed by atoms with van der Waals surface area (Å²) in [6, 6.07) is 8.12. The summed E-state index contributed by atoms with van der Waals surface area (Å²) in [5, 5.41) is 41.8. The molecule has 3 aromatic rings. The fraction of sp³-hybridized carbons (Fsp3) is 0.391. The maximum Gasteiger partial charge on any atom is 0.163 e. The molecule has 1 aliphatic heterocycles. The summed E-state index contributed by atoms with van der Waals surface area (Å²) >= 11 is 6.29. The molecule has 0 spiro atoms. The number of aromatic nitrogens is 1. The second kappa shape index (κ2) is 8.97. The Labute approximate surface area is 189 Å². The lowest BCUT2D eigenvalue weighted by Gasteiger charge is -2.40. The number of aryl methyl sites for hydroxylation is 1. The van der Waals surface area contributed by atoms with Crippen molar-refractivity contribution in [2.75, 3.05) is 13.7 Å². The van der Waals surface area contributed by atoms with Crippen LogP contribution in [0, 0.1) is 12.7 Å². The highest BCUT2D eigenvalue weighted by atomic mass is 35.5. The highest BCUT2D eigenvalue weighted by Gasteiger charge is 2.44. The van der Waals surface area contributed by atoms with E-state index >= 15 is 0 Å². The van der Waals surface area contributed by atoms with Gasteiger partial charge in [0.1, 0.15) is 36.0 Å². The maximum atomic E-state index is 14.6. The molecule has 0 unspecified atom stereocenters. The molecule has 1 aromatic heterocycles. The van der Waals surface area contributed by atoms with E-state index in [1.807, 2.05) is 6.92 Å². The first-order chi connectivity index (χ1) is 15.2. The summed E-state index contributed by atoms with van der Waals surface area (Å²) in [4.78, 5) is 0. The van der Waals surface area contributed by atoms with Gasteiger partial charge in [-0.25, -0.2) is 4.39 Å². The van der Waals surface area contributed by atoms with E-state index in [2.05, 4.69) is 0 Å². The number of hydrogen-bond acceptors (Lipinski definition) is 6. The fourth-order valence-electron chi connectivity index (χ4n) is 4.31. The number of ether oxygens (including phenoxy) is 2. The Morgan fingerprint density at radius 3 is 2.50 bits per heavy atom. The number of methoxy groups -OCH3 is 1. The zero-order valence-corrected chi connectivity index (χ0v) is 18.3. The van der Waals surface area contributed by atoms with Gasteiger partial charge in [0.25, 0.3) is 0 Å². The predicted octanol–water partition coefficient (Wildman–Crippen LogP) is 2.31. The average molecular weight is 466 g/mol. The number of rotatable bonds is 5. The Bertz CT molecular complexity index is 1130. The van der Waals surface area contributed by atoms with Crippen molar-refractivity contribution in [3.8, 4) is 5.75 Å². The molecule has 1 aliphatic rings. The van der Waals surface area contributed by atoms with Crippen molar-refractivity contribution in [3.63, 3.8) is 0 Å². The highest BCUT2D eigenvalue weighted by Crippen LogP contribution is 2.36. The smallest absolute Gasteiger partial charge is 0.163 e. The minimum Gasteiger partial charge on any atom is -0.497 e. The molecule has 4 N–H and O–H groups in total. The number of aliphatic hydroxyl groups excluding tert-OH is 4. The van der Waals surface area contributed by atoms with Crippen molar-refractivity contribution >= 4 is 22.5 Å². The van der Waals surface area contributed by atoms with E-state index < -0.39 is 43.1 Å². The Kier molecular flexibility index (Phi) is 6.44. The normalized spacial score (nSPS) is 25.9. The summed E-state index contributed by atoms with van der Waals surface area (Å²) < 4.78 is 27.1.